The fraction of sp³-hybridized carbons (Fsp3) is 0.0833. The van der Waals surface area contributed by atoms with Crippen LogP contribution >= 0.6 is 11.9 Å². The van der Waals surface area contributed by atoms with Crippen molar-refractivity contribution in [1.82, 2.24) is 4.31 Å². The van der Waals surface area contributed by atoms with Gasteiger partial charge >= 0.3 is 0 Å². The highest BCUT2D eigenvalue weighted by Gasteiger charge is 2.33. The van der Waals surface area contributed by atoms with E-state index in [0.29, 0.717) is 11.4 Å². The van der Waals surface area contributed by atoms with Crippen LogP contribution in [0.25, 0.3) is 10.8 Å². The Morgan fingerprint density at radius 1 is 0.759 bits per heavy atom. The van der Waals surface area contributed by atoms with Crippen molar-refractivity contribution in [3.8, 4) is 17.2 Å². The zero-order valence-corrected chi connectivity index (χ0v) is 16.3. The molecule has 0 amide bonds. The molecule has 3 N–H and O–H groups in total. The van der Waals surface area contributed by atoms with E-state index >= 15 is 0 Å². The minimum Gasteiger partial charge on any atom is -0.508 e. The minimum absolute atomic E-state index is 0.0200. The number of rotatable bonds is 3. The molecule has 1 aliphatic rings. The normalized spacial score (nSPS) is 16.2. The third-order valence-electron chi connectivity index (χ3n) is 5.28. The summed E-state index contributed by atoms with van der Waals surface area (Å²) in [7, 11) is 0. The predicted octanol–water partition coefficient (Wildman–Crippen LogP) is 5.57. The van der Waals surface area contributed by atoms with Crippen LogP contribution in [-0.4, -0.2) is 19.6 Å². The Labute approximate surface area is 172 Å². The fourth-order valence-corrected chi connectivity index (χ4v) is 5.01. The van der Waals surface area contributed by atoms with E-state index in [4.69, 9.17) is 0 Å². The summed E-state index contributed by atoms with van der Waals surface area (Å²) in [4.78, 5) is 0.672. The summed E-state index contributed by atoms with van der Waals surface area (Å²) in [5.74, 6) is 0.332. The molecule has 1 aliphatic heterocycles. The molecule has 5 rings (SSSR count). The van der Waals surface area contributed by atoms with E-state index < -0.39 is 0 Å². The van der Waals surface area contributed by atoms with Crippen LogP contribution < -0.4 is 0 Å². The van der Waals surface area contributed by atoms with E-state index in [2.05, 4.69) is 34.6 Å². The number of nitrogens with zero attached hydrogens (tertiary/aromatic N) is 1. The van der Waals surface area contributed by atoms with E-state index in [1.807, 2.05) is 18.2 Å². The largest absolute Gasteiger partial charge is 0.508 e. The molecular formula is C24H19NO3S. The summed E-state index contributed by atoms with van der Waals surface area (Å²) < 4.78 is 2.19. The van der Waals surface area contributed by atoms with Crippen LogP contribution in [0.1, 0.15) is 22.7 Å². The third kappa shape index (κ3) is 3.28. The second kappa shape index (κ2) is 7.03. The Morgan fingerprint density at radius 3 is 2.34 bits per heavy atom. The lowest BCUT2D eigenvalue weighted by Gasteiger charge is -2.25. The van der Waals surface area contributed by atoms with E-state index in [1.54, 1.807) is 24.3 Å². The van der Waals surface area contributed by atoms with Crippen molar-refractivity contribution in [2.24, 2.45) is 0 Å². The number of aromatic hydroxyl groups is 3. The van der Waals surface area contributed by atoms with Gasteiger partial charge in [-0.3, -0.25) is 0 Å². The lowest BCUT2D eigenvalue weighted by atomic mass is 9.96. The van der Waals surface area contributed by atoms with Gasteiger partial charge in [-0.1, -0.05) is 42.5 Å². The summed E-state index contributed by atoms with van der Waals surface area (Å²) in [5.41, 5.74) is 3.36. The Morgan fingerprint density at radius 2 is 1.52 bits per heavy atom. The predicted molar refractivity (Wildman–Crippen MR) is 115 cm³/mol. The van der Waals surface area contributed by atoms with Gasteiger partial charge in [-0.15, -0.1) is 0 Å². The van der Waals surface area contributed by atoms with Gasteiger partial charge in [0.25, 0.3) is 0 Å². The number of fused-ring (bicyclic) bond motifs is 2. The first-order chi connectivity index (χ1) is 14.1. The van der Waals surface area contributed by atoms with Gasteiger partial charge in [0.15, 0.2) is 0 Å². The molecule has 29 heavy (non-hydrogen) atoms. The maximum atomic E-state index is 10.3. The van der Waals surface area contributed by atoms with Crippen molar-refractivity contribution < 1.29 is 15.3 Å². The Hall–Kier alpha value is -3.15. The second-order valence-corrected chi connectivity index (χ2v) is 8.30. The number of phenolic OH excluding ortho intramolecular Hbond substituents is 3. The maximum absolute atomic E-state index is 10.3. The van der Waals surface area contributed by atoms with Gasteiger partial charge in [-0.25, -0.2) is 4.31 Å². The lowest BCUT2D eigenvalue weighted by molar-refractivity contribution is 0.429. The molecule has 0 bridgehead atoms. The highest BCUT2D eigenvalue weighted by atomic mass is 32.2. The summed E-state index contributed by atoms with van der Waals surface area (Å²) in [6, 6.07) is 24.9. The van der Waals surface area contributed by atoms with Crippen molar-refractivity contribution in [3.05, 3.63) is 95.6 Å². The van der Waals surface area contributed by atoms with Crippen LogP contribution in [0.15, 0.2) is 83.8 Å². The zero-order chi connectivity index (χ0) is 20.0. The molecule has 1 unspecified atom stereocenters. The third-order valence-corrected chi connectivity index (χ3v) is 6.40. The van der Waals surface area contributed by atoms with Crippen LogP contribution in [0.2, 0.25) is 0 Å². The SMILES string of the molecule is Oc1ccc(SN2Cc3cc(O)ccc3C2c2ccc3ccccc3c2)c(O)c1. The fourth-order valence-electron chi connectivity index (χ4n) is 3.93. The van der Waals surface area contributed by atoms with Crippen molar-refractivity contribution in [3.63, 3.8) is 0 Å². The minimum atomic E-state index is -0.0200. The van der Waals surface area contributed by atoms with E-state index in [9.17, 15) is 15.3 Å². The first-order valence-electron chi connectivity index (χ1n) is 9.35. The molecule has 0 saturated carbocycles. The quantitative estimate of drug-likeness (QED) is 0.392. The van der Waals surface area contributed by atoms with Crippen LogP contribution in [0.4, 0.5) is 0 Å². The molecule has 5 heteroatoms. The van der Waals surface area contributed by atoms with Crippen LogP contribution in [0.5, 0.6) is 17.2 Å². The molecular weight excluding hydrogens is 382 g/mol. The Bertz CT molecular complexity index is 1220. The molecule has 4 aromatic rings. The average Bonchev–Trinajstić information content (AvgIpc) is 3.06. The van der Waals surface area contributed by atoms with E-state index in [1.165, 1.54) is 28.8 Å². The molecule has 1 atom stereocenters. The molecule has 0 fully saturated rings. The molecule has 4 nitrogen and oxygen atoms in total. The summed E-state index contributed by atoms with van der Waals surface area (Å²) >= 11 is 1.45. The number of benzene rings is 4. The Balaban J connectivity index is 1.59. The van der Waals surface area contributed by atoms with Crippen molar-refractivity contribution >= 4 is 22.7 Å². The average molecular weight is 401 g/mol. The number of phenols is 3. The number of hydrogen-bond acceptors (Lipinski definition) is 5. The molecule has 0 spiro atoms. The number of hydrogen-bond donors (Lipinski definition) is 3. The van der Waals surface area contributed by atoms with Gasteiger partial charge < -0.3 is 15.3 Å². The van der Waals surface area contributed by atoms with Gasteiger partial charge in [0, 0.05) is 12.6 Å². The topological polar surface area (TPSA) is 63.9 Å². The summed E-state index contributed by atoms with van der Waals surface area (Å²) in [6.07, 6.45) is 0. The van der Waals surface area contributed by atoms with Gasteiger partial charge in [0.05, 0.1) is 10.9 Å². The molecule has 0 aromatic heterocycles. The van der Waals surface area contributed by atoms with Gasteiger partial charge in [-0.2, -0.15) is 0 Å². The Kier molecular flexibility index (Phi) is 4.34. The molecule has 0 radical (unpaired) electrons. The van der Waals surface area contributed by atoms with Gasteiger partial charge in [0.2, 0.25) is 0 Å². The second-order valence-electron chi connectivity index (χ2n) is 7.21. The molecule has 1 heterocycles. The van der Waals surface area contributed by atoms with Gasteiger partial charge in [-0.05, 0) is 69.7 Å². The van der Waals surface area contributed by atoms with E-state index in [-0.39, 0.29) is 23.3 Å². The van der Waals surface area contributed by atoms with Crippen LogP contribution in [0, 0.1) is 0 Å². The zero-order valence-electron chi connectivity index (χ0n) is 15.5. The van der Waals surface area contributed by atoms with Crippen molar-refractivity contribution in [2.45, 2.75) is 17.5 Å². The van der Waals surface area contributed by atoms with Crippen LogP contribution in [-0.2, 0) is 6.54 Å². The highest BCUT2D eigenvalue weighted by Crippen LogP contribution is 2.47. The molecule has 0 saturated heterocycles. The van der Waals surface area contributed by atoms with Gasteiger partial charge in [0.1, 0.15) is 17.2 Å². The summed E-state index contributed by atoms with van der Waals surface area (Å²) in [5, 5.41) is 32.2. The van der Waals surface area contributed by atoms with E-state index in [0.717, 1.165) is 16.7 Å². The maximum Gasteiger partial charge on any atom is 0.134 e. The molecule has 0 aliphatic carbocycles. The highest BCUT2D eigenvalue weighted by molar-refractivity contribution is 7.97. The molecule has 4 aromatic carbocycles. The summed E-state index contributed by atoms with van der Waals surface area (Å²) in [6.45, 7) is 0.631. The van der Waals surface area contributed by atoms with Crippen molar-refractivity contribution in [1.29, 1.82) is 0 Å². The smallest absolute Gasteiger partial charge is 0.134 e. The first-order valence-corrected chi connectivity index (χ1v) is 10.1. The van der Waals surface area contributed by atoms with Crippen LogP contribution in [0.3, 0.4) is 0 Å². The van der Waals surface area contributed by atoms with Crippen molar-refractivity contribution in [2.75, 3.05) is 0 Å². The first kappa shape index (κ1) is 17.9. The lowest BCUT2D eigenvalue weighted by Crippen LogP contribution is -2.15. The standard InChI is InChI=1S/C24H19NO3S/c26-19-7-9-21-18(12-19)14-25(29-23-10-8-20(27)13-22(23)28)24(21)17-6-5-15-3-1-2-4-16(15)11-17/h1-13,24,26-28H,14H2. The monoisotopic (exact) mass is 401 g/mol. The molecule has 144 valence electrons.